The molecule has 2 N–H and O–H groups in total. The second-order valence-corrected chi connectivity index (χ2v) is 5.21. The summed E-state index contributed by atoms with van der Waals surface area (Å²) < 4.78 is 5.02. The van der Waals surface area contributed by atoms with Gasteiger partial charge in [0.15, 0.2) is 11.5 Å². The van der Waals surface area contributed by atoms with E-state index in [1.165, 1.54) is 19.3 Å². The largest absolute Gasteiger partial charge is 0.504 e. The Kier molecular flexibility index (Phi) is 5.58. The Hall–Kier alpha value is -3.26. The molecule has 0 bridgehead atoms. The van der Waals surface area contributed by atoms with E-state index in [1.54, 1.807) is 12.1 Å². The third-order valence-electron chi connectivity index (χ3n) is 3.53. The maximum Gasteiger partial charge on any atom is 0.262 e. The summed E-state index contributed by atoms with van der Waals surface area (Å²) in [5, 5.41) is 21.7. The van der Waals surface area contributed by atoms with Crippen molar-refractivity contribution >= 4 is 12.0 Å². The van der Waals surface area contributed by atoms with Crippen LogP contribution < -0.4 is 10.1 Å². The maximum absolute atomic E-state index is 12.3. The van der Waals surface area contributed by atoms with Crippen LogP contribution in [0, 0.1) is 11.3 Å². The first kappa shape index (κ1) is 17.1. The molecule has 0 fully saturated rings. The molecule has 0 aliphatic rings. The molecule has 1 amide bonds. The zero-order chi connectivity index (χ0) is 17.5. The molecule has 5 nitrogen and oxygen atoms in total. The van der Waals surface area contributed by atoms with E-state index in [9.17, 15) is 15.2 Å². The summed E-state index contributed by atoms with van der Waals surface area (Å²) in [6, 6.07) is 15.8. The Bertz CT molecular complexity index is 792. The molecule has 0 aliphatic heterocycles. The molecule has 0 aliphatic carbocycles. The predicted octanol–water partition coefficient (Wildman–Crippen LogP) is 3.19. The number of nitriles is 1. The monoisotopic (exact) mass is 322 g/mol. The summed E-state index contributed by atoms with van der Waals surface area (Å²) in [5.74, 6) is -0.185. The molecule has 0 saturated carbocycles. The number of rotatable bonds is 5. The number of carbonyl (C=O) groups is 1. The van der Waals surface area contributed by atoms with Gasteiger partial charge in [0.05, 0.1) is 13.2 Å². The number of nitrogens with one attached hydrogen (secondary N) is 1. The summed E-state index contributed by atoms with van der Waals surface area (Å²) >= 11 is 0. The van der Waals surface area contributed by atoms with Gasteiger partial charge in [-0.25, -0.2) is 0 Å². The molecule has 122 valence electrons. The van der Waals surface area contributed by atoms with Gasteiger partial charge in [0, 0.05) is 0 Å². The van der Waals surface area contributed by atoms with Crippen LogP contribution in [0.15, 0.2) is 54.1 Å². The fraction of sp³-hybridized carbons (Fsp3) is 0.158. The standard InChI is InChI=1S/C19H18N2O3/c1-13(15-6-4-3-5-7-15)21-19(23)16(12-20)10-14-8-9-17(22)18(11-14)24-2/h3-11,13,22H,1-2H3,(H,21,23)/b16-10+/t13-/m1/s1. The second kappa shape index (κ2) is 7.84. The Morgan fingerprint density at radius 3 is 2.62 bits per heavy atom. The topological polar surface area (TPSA) is 82.3 Å². The quantitative estimate of drug-likeness (QED) is 0.654. The van der Waals surface area contributed by atoms with Crippen LogP contribution in [0.3, 0.4) is 0 Å². The lowest BCUT2D eigenvalue weighted by molar-refractivity contribution is -0.117. The highest BCUT2D eigenvalue weighted by atomic mass is 16.5. The molecule has 0 saturated heterocycles. The van der Waals surface area contributed by atoms with E-state index in [2.05, 4.69) is 5.32 Å². The van der Waals surface area contributed by atoms with Crippen molar-refractivity contribution in [3.63, 3.8) is 0 Å². The molecule has 0 aromatic heterocycles. The molecule has 1 atom stereocenters. The minimum Gasteiger partial charge on any atom is -0.504 e. The van der Waals surface area contributed by atoms with Gasteiger partial charge in [0.2, 0.25) is 0 Å². The summed E-state index contributed by atoms with van der Waals surface area (Å²) in [5.41, 5.74) is 1.52. The molecular weight excluding hydrogens is 304 g/mol. The molecule has 0 heterocycles. The first-order valence-corrected chi connectivity index (χ1v) is 7.39. The summed E-state index contributed by atoms with van der Waals surface area (Å²) in [6.07, 6.45) is 1.45. The van der Waals surface area contributed by atoms with Crippen LogP contribution in [0.4, 0.5) is 0 Å². The van der Waals surface area contributed by atoms with Gasteiger partial charge >= 0.3 is 0 Å². The number of hydrogen-bond acceptors (Lipinski definition) is 4. The molecule has 0 unspecified atom stereocenters. The number of phenols is 1. The van der Waals surface area contributed by atoms with E-state index in [0.717, 1.165) is 5.56 Å². The molecule has 2 aromatic rings. The highest BCUT2D eigenvalue weighted by molar-refractivity contribution is 6.01. The van der Waals surface area contributed by atoms with Crippen molar-refractivity contribution in [3.8, 4) is 17.6 Å². The number of benzene rings is 2. The molecule has 2 aromatic carbocycles. The van der Waals surface area contributed by atoms with E-state index >= 15 is 0 Å². The number of ether oxygens (including phenoxy) is 1. The Labute approximate surface area is 140 Å². The van der Waals surface area contributed by atoms with Gasteiger partial charge in [-0.05, 0) is 36.3 Å². The van der Waals surface area contributed by atoms with Gasteiger partial charge in [-0.2, -0.15) is 5.26 Å². The smallest absolute Gasteiger partial charge is 0.262 e. The van der Waals surface area contributed by atoms with Gasteiger partial charge in [0.25, 0.3) is 5.91 Å². The van der Waals surface area contributed by atoms with E-state index in [-0.39, 0.29) is 23.1 Å². The van der Waals surface area contributed by atoms with Crippen molar-refractivity contribution in [2.75, 3.05) is 7.11 Å². The van der Waals surface area contributed by atoms with Gasteiger partial charge < -0.3 is 15.2 Å². The number of phenolic OH excluding ortho intramolecular Hbond substituents is 1. The van der Waals surface area contributed by atoms with Gasteiger partial charge in [-0.1, -0.05) is 36.4 Å². The van der Waals surface area contributed by atoms with Crippen LogP contribution in [0.1, 0.15) is 24.1 Å². The zero-order valence-corrected chi connectivity index (χ0v) is 13.5. The molecule has 24 heavy (non-hydrogen) atoms. The average molecular weight is 322 g/mol. The maximum atomic E-state index is 12.3. The van der Waals surface area contributed by atoms with Crippen molar-refractivity contribution in [2.45, 2.75) is 13.0 Å². The van der Waals surface area contributed by atoms with Crippen LogP contribution in [0.2, 0.25) is 0 Å². The van der Waals surface area contributed by atoms with Crippen LogP contribution in [-0.4, -0.2) is 18.1 Å². The fourth-order valence-electron chi connectivity index (χ4n) is 2.20. The summed E-state index contributed by atoms with van der Waals surface area (Å²) in [4.78, 5) is 12.3. The highest BCUT2D eigenvalue weighted by Crippen LogP contribution is 2.27. The van der Waals surface area contributed by atoms with Crippen LogP contribution in [0.25, 0.3) is 6.08 Å². The van der Waals surface area contributed by atoms with E-state index in [1.807, 2.05) is 43.3 Å². The number of amides is 1. The molecule has 5 heteroatoms. The Morgan fingerprint density at radius 2 is 2.00 bits per heavy atom. The third-order valence-corrected chi connectivity index (χ3v) is 3.53. The molecular formula is C19H18N2O3. The predicted molar refractivity (Wildman–Crippen MR) is 91.2 cm³/mol. The van der Waals surface area contributed by atoms with Crippen molar-refractivity contribution in [1.29, 1.82) is 5.26 Å². The summed E-state index contributed by atoms with van der Waals surface area (Å²) in [6.45, 7) is 1.85. The first-order valence-electron chi connectivity index (χ1n) is 7.39. The highest BCUT2D eigenvalue weighted by Gasteiger charge is 2.14. The van der Waals surface area contributed by atoms with Gasteiger partial charge in [0.1, 0.15) is 11.6 Å². The lowest BCUT2D eigenvalue weighted by Gasteiger charge is -2.13. The van der Waals surface area contributed by atoms with Crippen molar-refractivity contribution in [2.24, 2.45) is 0 Å². The SMILES string of the molecule is COc1cc(/C=C(\C#N)C(=O)N[C@H](C)c2ccccc2)ccc1O. The van der Waals surface area contributed by atoms with Crippen LogP contribution >= 0.6 is 0 Å². The Balaban J connectivity index is 2.18. The molecule has 0 spiro atoms. The lowest BCUT2D eigenvalue weighted by atomic mass is 10.1. The number of hydrogen-bond donors (Lipinski definition) is 2. The number of nitrogens with zero attached hydrogens (tertiary/aromatic N) is 1. The molecule has 0 radical (unpaired) electrons. The molecule has 2 rings (SSSR count). The average Bonchev–Trinajstić information content (AvgIpc) is 2.61. The number of aromatic hydroxyl groups is 1. The van der Waals surface area contributed by atoms with Gasteiger partial charge in [-0.3, -0.25) is 4.79 Å². The zero-order valence-electron chi connectivity index (χ0n) is 13.5. The Morgan fingerprint density at radius 1 is 1.29 bits per heavy atom. The minimum atomic E-state index is -0.458. The third kappa shape index (κ3) is 4.14. The van der Waals surface area contributed by atoms with E-state index < -0.39 is 5.91 Å². The van der Waals surface area contributed by atoms with E-state index in [4.69, 9.17) is 4.74 Å². The second-order valence-electron chi connectivity index (χ2n) is 5.21. The van der Waals surface area contributed by atoms with Gasteiger partial charge in [-0.15, -0.1) is 0 Å². The normalized spacial score (nSPS) is 12.1. The van der Waals surface area contributed by atoms with Crippen LogP contribution in [0.5, 0.6) is 11.5 Å². The van der Waals surface area contributed by atoms with E-state index in [0.29, 0.717) is 5.56 Å². The first-order chi connectivity index (χ1) is 11.5. The van der Waals surface area contributed by atoms with Crippen LogP contribution in [-0.2, 0) is 4.79 Å². The number of methoxy groups -OCH3 is 1. The van der Waals surface area contributed by atoms with Crippen molar-refractivity contribution in [3.05, 3.63) is 65.2 Å². The number of carbonyl (C=O) groups excluding carboxylic acids is 1. The summed E-state index contributed by atoms with van der Waals surface area (Å²) in [7, 11) is 1.43. The lowest BCUT2D eigenvalue weighted by Crippen LogP contribution is -2.27. The van der Waals surface area contributed by atoms with Crippen molar-refractivity contribution < 1.29 is 14.6 Å². The minimum absolute atomic E-state index is 0.00434. The van der Waals surface area contributed by atoms with Crippen molar-refractivity contribution in [1.82, 2.24) is 5.32 Å². The fourth-order valence-corrected chi connectivity index (χ4v) is 2.20.